The van der Waals surface area contributed by atoms with E-state index >= 15 is 0 Å². The van der Waals surface area contributed by atoms with Crippen molar-refractivity contribution in [1.82, 2.24) is 15.3 Å². The Bertz CT molecular complexity index is 1010. The van der Waals surface area contributed by atoms with E-state index in [0.717, 1.165) is 36.1 Å². The molecule has 0 unspecified atom stereocenters. The van der Waals surface area contributed by atoms with E-state index in [1.807, 2.05) is 6.26 Å². The van der Waals surface area contributed by atoms with Crippen molar-refractivity contribution in [2.45, 2.75) is 24.3 Å². The molecule has 0 radical (unpaired) electrons. The van der Waals surface area contributed by atoms with Crippen LogP contribution >= 0.6 is 11.8 Å². The van der Waals surface area contributed by atoms with Gasteiger partial charge in [0.1, 0.15) is 5.82 Å². The lowest BCUT2D eigenvalue weighted by atomic mass is 9.97. The Labute approximate surface area is 186 Å². The second kappa shape index (κ2) is 9.92. The minimum Gasteiger partial charge on any atom is -0.352 e. The third-order valence-electron chi connectivity index (χ3n) is 5.52. The Hall–Kier alpha value is -2.93. The molecule has 31 heavy (non-hydrogen) atoms. The number of aromatic nitrogens is 2. The maximum Gasteiger partial charge on any atom is 0.225 e. The van der Waals surface area contributed by atoms with Crippen molar-refractivity contribution in [2.24, 2.45) is 5.92 Å². The van der Waals surface area contributed by atoms with Gasteiger partial charge in [-0.2, -0.15) is 0 Å². The van der Waals surface area contributed by atoms with Crippen LogP contribution in [-0.2, 0) is 11.3 Å². The Balaban J connectivity index is 1.35. The number of hydrogen-bond acceptors (Lipinski definition) is 5. The van der Waals surface area contributed by atoms with Crippen LogP contribution in [0.5, 0.6) is 0 Å². The first-order valence-corrected chi connectivity index (χ1v) is 11.6. The molecule has 1 saturated heterocycles. The maximum atomic E-state index is 13.1. The number of nitrogens with one attached hydrogen (secondary N) is 1. The lowest BCUT2D eigenvalue weighted by molar-refractivity contribution is -0.125. The fraction of sp³-hybridized carbons (Fsp3) is 0.292. The first-order valence-electron chi connectivity index (χ1n) is 10.4. The van der Waals surface area contributed by atoms with Gasteiger partial charge in [0, 0.05) is 42.5 Å². The molecule has 160 valence electrons. The van der Waals surface area contributed by atoms with E-state index < -0.39 is 0 Å². The standard InChI is InChI=1S/C24H25FN4OS/c1-31-22-10-4-17(5-11-22)13-26-23(30)19-3-2-12-29(16-19)24-27-14-20(15-28-24)18-6-8-21(25)9-7-18/h4-11,14-15,19H,2-3,12-13,16H2,1H3,(H,26,30)/t19-/m1/s1. The van der Waals surface area contributed by atoms with Gasteiger partial charge in [0.25, 0.3) is 0 Å². The molecule has 4 rings (SSSR count). The summed E-state index contributed by atoms with van der Waals surface area (Å²) in [7, 11) is 0. The van der Waals surface area contributed by atoms with Gasteiger partial charge in [0.2, 0.25) is 11.9 Å². The van der Waals surface area contributed by atoms with Crippen molar-refractivity contribution in [3.05, 3.63) is 72.3 Å². The average Bonchev–Trinajstić information content (AvgIpc) is 2.83. The van der Waals surface area contributed by atoms with E-state index in [-0.39, 0.29) is 17.6 Å². The highest BCUT2D eigenvalue weighted by molar-refractivity contribution is 7.98. The van der Waals surface area contributed by atoms with E-state index in [1.54, 1.807) is 36.3 Å². The van der Waals surface area contributed by atoms with Gasteiger partial charge < -0.3 is 10.2 Å². The molecule has 1 amide bonds. The van der Waals surface area contributed by atoms with Gasteiger partial charge in [-0.25, -0.2) is 14.4 Å². The van der Waals surface area contributed by atoms with Crippen LogP contribution in [0.15, 0.2) is 65.8 Å². The van der Waals surface area contributed by atoms with Crippen molar-refractivity contribution < 1.29 is 9.18 Å². The monoisotopic (exact) mass is 436 g/mol. The molecule has 2 aromatic carbocycles. The molecule has 0 bridgehead atoms. The predicted octanol–water partition coefficient (Wildman–Crippen LogP) is 4.54. The van der Waals surface area contributed by atoms with E-state index in [2.05, 4.69) is 44.5 Å². The molecule has 1 atom stereocenters. The summed E-state index contributed by atoms with van der Waals surface area (Å²) in [4.78, 5) is 25.0. The first kappa shape index (κ1) is 21.3. The second-order valence-corrected chi connectivity index (χ2v) is 8.51. The lowest BCUT2D eigenvalue weighted by Crippen LogP contribution is -2.43. The highest BCUT2D eigenvalue weighted by Crippen LogP contribution is 2.23. The Morgan fingerprint density at radius 2 is 1.81 bits per heavy atom. The third-order valence-corrected chi connectivity index (χ3v) is 6.26. The minimum atomic E-state index is -0.268. The van der Waals surface area contributed by atoms with Gasteiger partial charge in [-0.3, -0.25) is 4.79 Å². The molecule has 1 aliphatic rings. The van der Waals surface area contributed by atoms with Gasteiger partial charge in [-0.1, -0.05) is 24.3 Å². The molecule has 0 spiro atoms. The van der Waals surface area contributed by atoms with Crippen LogP contribution in [0.25, 0.3) is 11.1 Å². The number of carbonyl (C=O) groups excluding carboxylic acids is 1. The highest BCUT2D eigenvalue weighted by Gasteiger charge is 2.27. The van der Waals surface area contributed by atoms with Gasteiger partial charge in [-0.05, 0) is 54.5 Å². The fourth-order valence-corrected chi connectivity index (χ4v) is 4.13. The Kier molecular flexibility index (Phi) is 6.82. The van der Waals surface area contributed by atoms with E-state index in [4.69, 9.17) is 0 Å². The van der Waals surface area contributed by atoms with Gasteiger partial charge in [0.15, 0.2) is 0 Å². The molecule has 7 heteroatoms. The minimum absolute atomic E-state index is 0.0709. The summed E-state index contributed by atoms with van der Waals surface area (Å²) in [5.41, 5.74) is 2.80. The number of halogens is 1. The first-order chi connectivity index (χ1) is 15.1. The van der Waals surface area contributed by atoms with Crippen molar-refractivity contribution in [3.63, 3.8) is 0 Å². The summed E-state index contributed by atoms with van der Waals surface area (Å²) in [5, 5.41) is 3.07. The number of benzene rings is 2. The summed E-state index contributed by atoms with van der Waals surface area (Å²) in [5.74, 6) is 0.341. The number of piperidine rings is 1. The van der Waals surface area contributed by atoms with Gasteiger partial charge >= 0.3 is 0 Å². The lowest BCUT2D eigenvalue weighted by Gasteiger charge is -2.32. The SMILES string of the molecule is CSc1ccc(CNC(=O)[C@@H]2CCCN(c3ncc(-c4ccc(F)cc4)cn3)C2)cc1. The molecule has 1 N–H and O–H groups in total. The van der Waals surface area contributed by atoms with Crippen molar-refractivity contribution in [1.29, 1.82) is 0 Å². The maximum absolute atomic E-state index is 13.1. The second-order valence-electron chi connectivity index (χ2n) is 7.63. The zero-order chi connectivity index (χ0) is 21.6. The molecule has 0 aliphatic carbocycles. The van der Waals surface area contributed by atoms with Crippen LogP contribution in [0.3, 0.4) is 0 Å². The molecule has 1 fully saturated rings. The van der Waals surface area contributed by atoms with E-state index in [0.29, 0.717) is 19.0 Å². The fourth-order valence-electron chi connectivity index (χ4n) is 3.73. The number of nitrogens with zero attached hydrogens (tertiary/aromatic N) is 3. The molecule has 1 aliphatic heterocycles. The largest absolute Gasteiger partial charge is 0.352 e. The molecule has 3 aromatic rings. The Morgan fingerprint density at radius 1 is 1.10 bits per heavy atom. The molecule has 2 heterocycles. The van der Waals surface area contributed by atoms with Crippen molar-refractivity contribution >= 4 is 23.6 Å². The highest BCUT2D eigenvalue weighted by atomic mass is 32.2. The van der Waals surface area contributed by atoms with Crippen molar-refractivity contribution in [3.8, 4) is 11.1 Å². The number of amides is 1. The number of rotatable bonds is 6. The van der Waals surface area contributed by atoms with Crippen LogP contribution in [0.4, 0.5) is 10.3 Å². The smallest absolute Gasteiger partial charge is 0.225 e. The van der Waals surface area contributed by atoms with Crippen LogP contribution < -0.4 is 10.2 Å². The summed E-state index contributed by atoms with van der Waals surface area (Å²) >= 11 is 1.70. The molecule has 0 saturated carbocycles. The Morgan fingerprint density at radius 3 is 2.48 bits per heavy atom. The summed E-state index contributed by atoms with van der Waals surface area (Å²) < 4.78 is 13.1. The topological polar surface area (TPSA) is 58.1 Å². The van der Waals surface area contributed by atoms with Gasteiger partial charge in [-0.15, -0.1) is 11.8 Å². The molecule has 5 nitrogen and oxygen atoms in total. The summed E-state index contributed by atoms with van der Waals surface area (Å²) in [6.45, 7) is 1.97. The predicted molar refractivity (Wildman–Crippen MR) is 122 cm³/mol. The number of anilines is 1. The van der Waals surface area contributed by atoms with E-state index in [9.17, 15) is 9.18 Å². The number of hydrogen-bond donors (Lipinski definition) is 1. The molecule has 1 aromatic heterocycles. The van der Waals surface area contributed by atoms with Crippen LogP contribution in [-0.4, -0.2) is 35.2 Å². The summed E-state index contributed by atoms with van der Waals surface area (Å²) in [6, 6.07) is 14.5. The third kappa shape index (κ3) is 5.41. The zero-order valence-electron chi connectivity index (χ0n) is 17.4. The number of carbonyl (C=O) groups is 1. The summed E-state index contributed by atoms with van der Waals surface area (Å²) in [6.07, 6.45) is 7.33. The zero-order valence-corrected chi connectivity index (χ0v) is 18.2. The van der Waals surface area contributed by atoms with E-state index in [1.165, 1.54) is 17.0 Å². The number of thioether (sulfide) groups is 1. The molecular formula is C24H25FN4OS. The normalized spacial score (nSPS) is 16.2. The van der Waals surface area contributed by atoms with Crippen LogP contribution in [0, 0.1) is 11.7 Å². The average molecular weight is 437 g/mol. The quantitative estimate of drug-likeness (QED) is 0.575. The molecular weight excluding hydrogens is 411 g/mol. The van der Waals surface area contributed by atoms with Gasteiger partial charge in [0.05, 0.1) is 5.92 Å². The van der Waals surface area contributed by atoms with Crippen LogP contribution in [0.2, 0.25) is 0 Å². The van der Waals surface area contributed by atoms with Crippen LogP contribution in [0.1, 0.15) is 18.4 Å². The van der Waals surface area contributed by atoms with Crippen molar-refractivity contribution in [2.75, 3.05) is 24.2 Å².